The Bertz CT molecular complexity index is 1130. The molecule has 1 fully saturated rings. The SMILES string of the molecule is CCCC(O)(c1ccc(C(C)(C)C(=O)O)cc1)N1CCC(C(O)(c2ccccc2)c2ccccc2)CC1. The molecule has 3 aromatic carbocycles. The number of nitrogens with zero attached hydrogens (tertiary/aromatic N) is 1. The molecule has 4 rings (SSSR count). The van der Waals surface area contributed by atoms with Crippen molar-refractivity contribution in [3.05, 3.63) is 107 Å². The lowest BCUT2D eigenvalue weighted by molar-refractivity contribution is -0.144. The predicted molar refractivity (Wildman–Crippen MR) is 146 cm³/mol. The van der Waals surface area contributed by atoms with Crippen molar-refractivity contribution in [1.82, 2.24) is 4.90 Å². The van der Waals surface area contributed by atoms with E-state index in [1.807, 2.05) is 84.9 Å². The molecule has 1 saturated heterocycles. The Morgan fingerprint density at radius 3 is 1.68 bits per heavy atom. The predicted octanol–water partition coefficient (Wildman–Crippen LogP) is 5.64. The standard InChI is InChI=1S/C32H39NO4/c1-4-21-31(36,25-17-15-24(16-18-25)30(2,3)29(34)35)33-22-19-28(20-23-33)32(37,26-11-7-5-8-12-26)27-13-9-6-10-14-27/h5-18,28,36-37H,4,19-23H2,1-3H3,(H,34,35). The Hall–Kier alpha value is -2.99. The molecule has 1 aliphatic heterocycles. The highest BCUT2D eigenvalue weighted by Crippen LogP contribution is 2.44. The van der Waals surface area contributed by atoms with Crippen LogP contribution in [0.1, 0.15) is 68.7 Å². The Morgan fingerprint density at radius 2 is 1.24 bits per heavy atom. The zero-order valence-corrected chi connectivity index (χ0v) is 22.1. The van der Waals surface area contributed by atoms with Crippen molar-refractivity contribution in [3.63, 3.8) is 0 Å². The first-order valence-electron chi connectivity index (χ1n) is 13.3. The van der Waals surface area contributed by atoms with Crippen molar-refractivity contribution in [1.29, 1.82) is 0 Å². The zero-order valence-electron chi connectivity index (χ0n) is 22.1. The Balaban J connectivity index is 1.59. The van der Waals surface area contributed by atoms with E-state index < -0.39 is 22.7 Å². The minimum absolute atomic E-state index is 0.00170. The minimum atomic E-state index is -1.15. The van der Waals surface area contributed by atoms with Crippen molar-refractivity contribution < 1.29 is 20.1 Å². The number of aliphatic hydroxyl groups is 2. The van der Waals surface area contributed by atoms with Crippen LogP contribution < -0.4 is 0 Å². The van der Waals surface area contributed by atoms with Gasteiger partial charge in [0.1, 0.15) is 11.3 Å². The van der Waals surface area contributed by atoms with Crippen LogP contribution in [-0.4, -0.2) is 39.3 Å². The molecular formula is C32H39NO4. The summed E-state index contributed by atoms with van der Waals surface area (Å²) in [5.74, 6) is -0.881. The van der Waals surface area contributed by atoms with E-state index in [-0.39, 0.29) is 5.92 Å². The third kappa shape index (κ3) is 5.08. The van der Waals surface area contributed by atoms with Gasteiger partial charge in [0.25, 0.3) is 0 Å². The van der Waals surface area contributed by atoms with E-state index in [2.05, 4.69) is 11.8 Å². The third-order valence-corrected chi connectivity index (χ3v) is 8.24. The van der Waals surface area contributed by atoms with Crippen LogP contribution in [0.4, 0.5) is 0 Å². The zero-order chi connectivity index (χ0) is 26.7. The van der Waals surface area contributed by atoms with Crippen LogP contribution in [0.2, 0.25) is 0 Å². The van der Waals surface area contributed by atoms with Crippen molar-refractivity contribution in [2.24, 2.45) is 5.92 Å². The maximum Gasteiger partial charge on any atom is 0.313 e. The van der Waals surface area contributed by atoms with Gasteiger partial charge < -0.3 is 15.3 Å². The van der Waals surface area contributed by atoms with Crippen LogP contribution in [0.3, 0.4) is 0 Å². The first-order valence-corrected chi connectivity index (χ1v) is 13.3. The average Bonchev–Trinajstić information content (AvgIpc) is 2.93. The lowest BCUT2D eigenvalue weighted by Gasteiger charge is -2.47. The van der Waals surface area contributed by atoms with Gasteiger partial charge in [0.2, 0.25) is 0 Å². The van der Waals surface area contributed by atoms with E-state index in [1.165, 1.54) is 0 Å². The fourth-order valence-electron chi connectivity index (χ4n) is 5.80. The summed E-state index contributed by atoms with van der Waals surface area (Å²) < 4.78 is 0. The number of aliphatic carboxylic acids is 1. The lowest BCUT2D eigenvalue weighted by Crippen LogP contribution is -2.52. The Labute approximate surface area is 220 Å². The van der Waals surface area contributed by atoms with Gasteiger partial charge in [0.05, 0.1) is 5.41 Å². The van der Waals surface area contributed by atoms with E-state index >= 15 is 0 Å². The molecule has 3 N–H and O–H groups in total. The molecule has 0 bridgehead atoms. The van der Waals surface area contributed by atoms with E-state index in [1.54, 1.807) is 13.8 Å². The van der Waals surface area contributed by atoms with Gasteiger partial charge in [0, 0.05) is 13.1 Å². The highest BCUT2D eigenvalue weighted by molar-refractivity contribution is 5.80. The van der Waals surface area contributed by atoms with Gasteiger partial charge in [0.15, 0.2) is 0 Å². The van der Waals surface area contributed by atoms with Crippen LogP contribution in [-0.2, 0) is 21.5 Å². The maximum atomic E-state index is 12.2. The van der Waals surface area contributed by atoms with Crippen molar-refractivity contribution in [2.75, 3.05) is 13.1 Å². The summed E-state index contributed by atoms with van der Waals surface area (Å²) in [5.41, 5.74) is 0.000506. The average molecular weight is 502 g/mol. The van der Waals surface area contributed by atoms with Crippen LogP contribution in [0, 0.1) is 5.92 Å². The molecule has 0 saturated carbocycles. The van der Waals surface area contributed by atoms with E-state index in [4.69, 9.17) is 0 Å². The highest BCUT2D eigenvalue weighted by atomic mass is 16.4. The fourth-order valence-corrected chi connectivity index (χ4v) is 5.80. The molecule has 1 heterocycles. The Kier molecular flexibility index (Phi) is 7.88. The molecule has 37 heavy (non-hydrogen) atoms. The first kappa shape index (κ1) is 27.1. The van der Waals surface area contributed by atoms with Crippen LogP contribution in [0.5, 0.6) is 0 Å². The summed E-state index contributed by atoms with van der Waals surface area (Å²) in [6.07, 6.45) is 2.84. The number of benzene rings is 3. The molecule has 0 radical (unpaired) electrons. The van der Waals surface area contributed by atoms with Gasteiger partial charge in [-0.15, -0.1) is 0 Å². The number of rotatable bonds is 9. The van der Waals surface area contributed by atoms with Crippen molar-refractivity contribution in [2.45, 2.75) is 63.2 Å². The van der Waals surface area contributed by atoms with E-state index in [0.29, 0.717) is 25.1 Å². The molecule has 1 aliphatic rings. The van der Waals surface area contributed by atoms with Crippen molar-refractivity contribution >= 4 is 5.97 Å². The van der Waals surface area contributed by atoms with E-state index in [9.17, 15) is 20.1 Å². The number of carbonyl (C=O) groups is 1. The van der Waals surface area contributed by atoms with Crippen molar-refractivity contribution in [3.8, 4) is 0 Å². The summed E-state index contributed by atoms with van der Waals surface area (Å²) in [6, 6.07) is 27.1. The monoisotopic (exact) mass is 501 g/mol. The molecule has 196 valence electrons. The number of hydrogen-bond acceptors (Lipinski definition) is 4. The molecule has 5 nitrogen and oxygen atoms in total. The second-order valence-electron chi connectivity index (χ2n) is 10.8. The second kappa shape index (κ2) is 10.8. The van der Waals surface area contributed by atoms with Crippen LogP contribution in [0.25, 0.3) is 0 Å². The normalized spacial score (nSPS) is 17.3. The largest absolute Gasteiger partial charge is 0.481 e. The summed E-state index contributed by atoms with van der Waals surface area (Å²) in [5, 5.41) is 33.8. The number of carboxylic acid groups (broad SMARTS) is 1. The molecule has 5 heteroatoms. The first-order chi connectivity index (χ1) is 17.6. The molecule has 0 spiro atoms. The second-order valence-corrected chi connectivity index (χ2v) is 10.8. The number of likely N-dealkylation sites (tertiary alicyclic amines) is 1. The van der Waals surface area contributed by atoms with Gasteiger partial charge >= 0.3 is 5.97 Å². The Morgan fingerprint density at radius 1 is 0.784 bits per heavy atom. The molecular weight excluding hydrogens is 462 g/mol. The smallest absolute Gasteiger partial charge is 0.313 e. The van der Waals surface area contributed by atoms with Gasteiger partial charge in [-0.2, -0.15) is 0 Å². The van der Waals surface area contributed by atoms with Gasteiger partial charge in [-0.1, -0.05) is 98.3 Å². The van der Waals surface area contributed by atoms with Gasteiger partial charge in [-0.25, -0.2) is 0 Å². The van der Waals surface area contributed by atoms with Gasteiger partial charge in [-0.3, -0.25) is 9.69 Å². The number of carboxylic acids is 1. The lowest BCUT2D eigenvalue weighted by atomic mass is 9.71. The molecule has 1 unspecified atom stereocenters. The molecule has 1 atom stereocenters. The molecule has 0 aromatic heterocycles. The highest BCUT2D eigenvalue weighted by Gasteiger charge is 2.45. The maximum absolute atomic E-state index is 12.2. The topological polar surface area (TPSA) is 81.0 Å². The summed E-state index contributed by atoms with van der Waals surface area (Å²) in [4.78, 5) is 13.8. The fraction of sp³-hybridized carbons (Fsp3) is 0.406. The summed E-state index contributed by atoms with van der Waals surface area (Å²) in [6.45, 7) is 6.72. The van der Waals surface area contributed by atoms with Crippen LogP contribution in [0.15, 0.2) is 84.9 Å². The molecule has 0 aliphatic carbocycles. The summed E-state index contributed by atoms with van der Waals surface area (Å²) >= 11 is 0. The molecule has 0 amide bonds. The van der Waals surface area contributed by atoms with Gasteiger partial charge in [-0.05, 0) is 61.3 Å². The van der Waals surface area contributed by atoms with Crippen LogP contribution >= 0.6 is 0 Å². The third-order valence-electron chi connectivity index (χ3n) is 8.24. The minimum Gasteiger partial charge on any atom is -0.481 e. The molecule has 3 aromatic rings. The summed E-state index contributed by atoms with van der Waals surface area (Å²) in [7, 11) is 0. The number of hydrogen-bond donors (Lipinski definition) is 3. The quantitative estimate of drug-likeness (QED) is 0.353. The van der Waals surface area contributed by atoms with E-state index in [0.717, 1.165) is 36.0 Å². The number of piperidine rings is 1.